The monoisotopic (exact) mass is 256 g/mol. The molecule has 5 heteroatoms. The summed E-state index contributed by atoms with van der Waals surface area (Å²) in [6, 6.07) is 7.22. The molecular weight excluding hydrogens is 248 g/mol. The van der Waals surface area contributed by atoms with Crippen LogP contribution < -0.4 is 0 Å². The van der Waals surface area contributed by atoms with Gasteiger partial charge in [-0.2, -0.15) is 0 Å². The van der Waals surface area contributed by atoms with Crippen LogP contribution in [0.4, 0.5) is 0 Å². The topological polar surface area (TPSA) is 34.1 Å². The van der Waals surface area contributed by atoms with Gasteiger partial charge >= 0.3 is 0 Å². The average molecular weight is 256 g/mol. The Morgan fingerprint density at radius 1 is 1.20 bits per heavy atom. The highest BCUT2D eigenvalue weighted by molar-refractivity contribution is 7.88. The van der Waals surface area contributed by atoms with E-state index in [0.717, 1.165) is 4.21 Å². The lowest BCUT2D eigenvalue weighted by atomic mass is 10.4. The molecule has 0 bridgehead atoms. The van der Waals surface area contributed by atoms with Crippen LogP contribution in [0, 0.1) is 0 Å². The predicted molar refractivity (Wildman–Crippen MR) is 64.2 cm³/mol. The summed E-state index contributed by atoms with van der Waals surface area (Å²) < 4.78 is 12.5. The van der Waals surface area contributed by atoms with Crippen molar-refractivity contribution in [3.63, 3.8) is 0 Å². The molecule has 2 heterocycles. The lowest BCUT2D eigenvalue weighted by molar-refractivity contribution is 0.102. The van der Waals surface area contributed by atoms with Gasteiger partial charge in [-0.25, -0.2) is 0 Å². The maximum atomic E-state index is 11.7. The van der Waals surface area contributed by atoms with Crippen LogP contribution in [-0.2, 0) is 10.8 Å². The van der Waals surface area contributed by atoms with E-state index in [0.29, 0.717) is 4.88 Å². The Hall–Kier alpha value is -0.780. The quantitative estimate of drug-likeness (QED) is 0.788. The van der Waals surface area contributed by atoms with Crippen molar-refractivity contribution in [1.82, 2.24) is 0 Å². The highest BCUT2D eigenvalue weighted by Crippen LogP contribution is 2.16. The second kappa shape index (κ2) is 4.83. The van der Waals surface area contributed by atoms with Gasteiger partial charge in [0.25, 0.3) is 0 Å². The molecule has 0 saturated carbocycles. The Morgan fingerprint density at radius 2 is 1.93 bits per heavy atom. The Balaban J connectivity index is 2.04. The first-order valence-corrected chi connectivity index (χ1v) is 7.34. The predicted octanol–water partition coefficient (Wildman–Crippen LogP) is 2.80. The standard InChI is InChI=1S/C10H8O2S3/c11-8(9-3-1-5-13-9)7-15(12)10-4-2-6-14-10/h1-6H,7H2. The van der Waals surface area contributed by atoms with Crippen molar-refractivity contribution in [3.05, 3.63) is 39.9 Å². The van der Waals surface area contributed by atoms with Gasteiger partial charge in [0.15, 0.2) is 5.78 Å². The molecule has 0 saturated heterocycles. The van der Waals surface area contributed by atoms with Gasteiger partial charge in [0, 0.05) is 0 Å². The molecule has 2 aromatic rings. The van der Waals surface area contributed by atoms with E-state index in [1.165, 1.54) is 22.7 Å². The second-order valence-corrected chi connectivity index (χ2v) is 6.40. The Kier molecular flexibility index (Phi) is 3.45. The fourth-order valence-electron chi connectivity index (χ4n) is 1.09. The van der Waals surface area contributed by atoms with Gasteiger partial charge in [-0.05, 0) is 22.9 Å². The smallest absolute Gasteiger partial charge is 0.185 e. The van der Waals surface area contributed by atoms with Gasteiger partial charge in [0.1, 0.15) is 0 Å². The molecule has 0 N–H and O–H groups in total. The summed E-state index contributed by atoms with van der Waals surface area (Å²) in [4.78, 5) is 12.3. The molecule has 0 aliphatic heterocycles. The average Bonchev–Trinajstić information content (AvgIpc) is 2.91. The molecular formula is C10H8O2S3. The van der Waals surface area contributed by atoms with Crippen molar-refractivity contribution in [2.24, 2.45) is 0 Å². The number of hydrogen-bond donors (Lipinski definition) is 0. The van der Waals surface area contributed by atoms with Crippen LogP contribution >= 0.6 is 22.7 Å². The lowest BCUT2D eigenvalue weighted by Gasteiger charge is -1.96. The van der Waals surface area contributed by atoms with Crippen LogP contribution in [0.25, 0.3) is 0 Å². The zero-order valence-electron chi connectivity index (χ0n) is 7.71. The van der Waals surface area contributed by atoms with E-state index in [1.807, 2.05) is 22.9 Å². The minimum atomic E-state index is -1.19. The molecule has 0 fully saturated rings. The van der Waals surface area contributed by atoms with Crippen molar-refractivity contribution in [1.29, 1.82) is 0 Å². The summed E-state index contributed by atoms with van der Waals surface area (Å²) in [6.07, 6.45) is 0. The normalized spacial score (nSPS) is 12.5. The van der Waals surface area contributed by atoms with Gasteiger partial charge in [-0.1, -0.05) is 12.1 Å². The minimum absolute atomic E-state index is 0.0447. The fraction of sp³-hybridized carbons (Fsp3) is 0.100. The SMILES string of the molecule is O=C(CS(=O)c1cccs1)c1cccs1. The van der Waals surface area contributed by atoms with Gasteiger partial charge in [0.2, 0.25) is 0 Å². The minimum Gasteiger partial charge on any atom is -0.292 e. The van der Waals surface area contributed by atoms with Crippen LogP contribution in [0.5, 0.6) is 0 Å². The number of hydrogen-bond acceptors (Lipinski definition) is 4. The highest BCUT2D eigenvalue weighted by Gasteiger charge is 2.13. The maximum absolute atomic E-state index is 11.7. The number of carbonyl (C=O) groups excluding carboxylic acids is 1. The van der Waals surface area contributed by atoms with Crippen LogP contribution in [0.15, 0.2) is 39.2 Å². The van der Waals surface area contributed by atoms with Crippen molar-refractivity contribution in [3.8, 4) is 0 Å². The van der Waals surface area contributed by atoms with E-state index in [1.54, 1.807) is 12.1 Å². The molecule has 0 radical (unpaired) electrons. The summed E-state index contributed by atoms with van der Waals surface area (Å²) in [5.41, 5.74) is 0. The van der Waals surface area contributed by atoms with Crippen molar-refractivity contribution in [2.45, 2.75) is 4.21 Å². The lowest BCUT2D eigenvalue weighted by Crippen LogP contribution is -2.08. The molecule has 0 spiro atoms. The molecule has 2 nitrogen and oxygen atoms in total. The van der Waals surface area contributed by atoms with Crippen LogP contribution in [0.1, 0.15) is 9.67 Å². The van der Waals surface area contributed by atoms with Crippen molar-refractivity contribution in [2.75, 3.05) is 5.75 Å². The van der Waals surface area contributed by atoms with Gasteiger partial charge < -0.3 is 0 Å². The van der Waals surface area contributed by atoms with E-state index in [9.17, 15) is 9.00 Å². The largest absolute Gasteiger partial charge is 0.292 e. The Morgan fingerprint density at radius 3 is 2.53 bits per heavy atom. The molecule has 0 aromatic carbocycles. The van der Waals surface area contributed by atoms with Crippen LogP contribution in [0.2, 0.25) is 0 Å². The summed E-state index contributed by atoms with van der Waals surface area (Å²) in [5, 5.41) is 3.71. The third kappa shape index (κ3) is 2.62. The summed E-state index contributed by atoms with van der Waals surface area (Å²) in [5.74, 6) is 0.0397. The van der Waals surface area contributed by atoms with Crippen molar-refractivity contribution >= 4 is 39.3 Å². The zero-order valence-corrected chi connectivity index (χ0v) is 10.2. The van der Waals surface area contributed by atoms with E-state index in [-0.39, 0.29) is 11.5 Å². The number of thiophene rings is 2. The Labute approximate surface area is 98.0 Å². The van der Waals surface area contributed by atoms with E-state index >= 15 is 0 Å². The molecule has 78 valence electrons. The van der Waals surface area contributed by atoms with Crippen molar-refractivity contribution < 1.29 is 9.00 Å². The van der Waals surface area contributed by atoms with Gasteiger partial charge in [-0.15, -0.1) is 22.7 Å². The molecule has 2 rings (SSSR count). The van der Waals surface area contributed by atoms with Crippen LogP contribution in [0.3, 0.4) is 0 Å². The maximum Gasteiger partial charge on any atom is 0.185 e. The Bertz CT molecular complexity index is 413. The van der Waals surface area contributed by atoms with Gasteiger partial charge in [-0.3, -0.25) is 9.00 Å². The third-order valence-corrected chi connectivity index (χ3v) is 5.31. The number of Topliss-reactive ketones (excluding diaryl/α,β-unsaturated/α-hetero) is 1. The van der Waals surface area contributed by atoms with E-state index < -0.39 is 10.8 Å². The first-order chi connectivity index (χ1) is 7.27. The van der Waals surface area contributed by atoms with Crippen LogP contribution in [-0.4, -0.2) is 15.7 Å². The highest BCUT2D eigenvalue weighted by atomic mass is 32.2. The van der Waals surface area contributed by atoms with E-state index in [4.69, 9.17) is 0 Å². The first-order valence-electron chi connectivity index (χ1n) is 4.26. The zero-order chi connectivity index (χ0) is 10.7. The van der Waals surface area contributed by atoms with Gasteiger partial charge in [0.05, 0.1) is 25.6 Å². The molecule has 0 aliphatic carbocycles. The molecule has 0 amide bonds. The first kappa shape index (κ1) is 10.7. The number of rotatable bonds is 4. The fourth-order valence-corrected chi connectivity index (χ4v) is 3.83. The molecule has 15 heavy (non-hydrogen) atoms. The third-order valence-electron chi connectivity index (χ3n) is 1.78. The molecule has 1 unspecified atom stereocenters. The summed E-state index contributed by atoms with van der Waals surface area (Å²) in [7, 11) is -1.19. The summed E-state index contributed by atoms with van der Waals surface area (Å²) >= 11 is 2.81. The van der Waals surface area contributed by atoms with E-state index in [2.05, 4.69) is 0 Å². The molecule has 2 aromatic heterocycles. The molecule has 0 aliphatic rings. The molecule has 1 atom stereocenters. The second-order valence-electron chi connectivity index (χ2n) is 2.82. The number of carbonyl (C=O) groups is 1. The number of ketones is 1. The summed E-state index contributed by atoms with van der Waals surface area (Å²) in [6.45, 7) is 0.